The van der Waals surface area contributed by atoms with E-state index in [9.17, 15) is 32.8 Å². The molecule has 3 aliphatic rings. The minimum atomic E-state index is -3.10. The molecular weight excluding hydrogens is 514 g/mol. The van der Waals surface area contributed by atoms with Gasteiger partial charge in [0, 0.05) is 19.0 Å². The van der Waals surface area contributed by atoms with Crippen molar-refractivity contribution in [3.63, 3.8) is 0 Å². The van der Waals surface area contributed by atoms with Gasteiger partial charge in [-0.3, -0.25) is 19.2 Å². The van der Waals surface area contributed by atoms with E-state index in [4.69, 9.17) is 4.74 Å². The van der Waals surface area contributed by atoms with Crippen molar-refractivity contribution in [2.45, 2.75) is 109 Å². The second-order valence-electron chi connectivity index (χ2n) is 12.4. The molecule has 39 heavy (non-hydrogen) atoms. The van der Waals surface area contributed by atoms with Gasteiger partial charge in [-0.05, 0) is 49.9 Å². The summed E-state index contributed by atoms with van der Waals surface area (Å²) in [5.74, 6) is -5.74. The number of amides is 4. The maximum atomic E-state index is 13.8. The molecule has 3 rings (SSSR count). The predicted octanol–water partition coefficient (Wildman–Crippen LogP) is 2.54. The zero-order valence-corrected chi connectivity index (χ0v) is 23.5. The summed E-state index contributed by atoms with van der Waals surface area (Å²) in [6, 6.07) is -3.54. The van der Waals surface area contributed by atoms with Gasteiger partial charge in [-0.2, -0.15) is 0 Å². The molecule has 1 saturated heterocycles. The topological polar surface area (TPSA) is 134 Å². The van der Waals surface area contributed by atoms with Crippen LogP contribution in [0.1, 0.15) is 79.1 Å². The van der Waals surface area contributed by atoms with Crippen LogP contribution in [0.25, 0.3) is 0 Å². The van der Waals surface area contributed by atoms with Crippen molar-refractivity contribution < 1.29 is 37.5 Å². The highest BCUT2D eigenvalue weighted by atomic mass is 19.3. The SMILES string of the molecule is COC(=O)N[C@H](C(=O)N1CC(C2CCC2)C[C@H]1C(=O)N[C@@H](CCC(C)(F)F)C(=O)C(=O)NC1CC1)C(C)(C)C. The van der Waals surface area contributed by atoms with Gasteiger partial charge in [0.15, 0.2) is 0 Å². The van der Waals surface area contributed by atoms with Gasteiger partial charge in [-0.15, -0.1) is 0 Å². The Labute approximate surface area is 228 Å². The van der Waals surface area contributed by atoms with Crippen LogP contribution >= 0.6 is 0 Å². The number of carbonyl (C=O) groups is 5. The van der Waals surface area contributed by atoms with Crippen molar-refractivity contribution in [1.29, 1.82) is 0 Å². The molecule has 1 unspecified atom stereocenters. The fourth-order valence-electron chi connectivity index (χ4n) is 5.18. The van der Waals surface area contributed by atoms with E-state index in [1.807, 2.05) is 0 Å². The van der Waals surface area contributed by atoms with Crippen LogP contribution in [0.5, 0.6) is 0 Å². The van der Waals surface area contributed by atoms with Gasteiger partial charge in [-0.25, -0.2) is 13.6 Å². The smallest absolute Gasteiger partial charge is 0.407 e. The highest BCUT2D eigenvalue weighted by Gasteiger charge is 2.48. The second kappa shape index (κ2) is 12.2. The molecule has 0 spiro atoms. The van der Waals surface area contributed by atoms with Crippen LogP contribution in [-0.4, -0.2) is 78.2 Å². The largest absolute Gasteiger partial charge is 0.453 e. The molecule has 12 heteroatoms. The quantitative estimate of drug-likeness (QED) is 0.335. The Hall–Kier alpha value is -2.79. The number of hydrogen-bond acceptors (Lipinski definition) is 6. The molecule has 10 nitrogen and oxygen atoms in total. The second-order valence-corrected chi connectivity index (χ2v) is 12.4. The Kier molecular flexibility index (Phi) is 9.59. The van der Waals surface area contributed by atoms with Gasteiger partial charge in [0.25, 0.3) is 5.91 Å². The minimum Gasteiger partial charge on any atom is -0.453 e. The Morgan fingerprint density at radius 3 is 2.10 bits per heavy atom. The molecule has 0 aromatic carbocycles. The number of carbonyl (C=O) groups excluding carboxylic acids is 5. The van der Waals surface area contributed by atoms with E-state index in [1.54, 1.807) is 20.8 Å². The first-order valence-electron chi connectivity index (χ1n) is 13.8. The number of nitrogens with zero attached hydrogens (tertiary/aromatic N) is 1. The van der Waals surface area contributed by atoms with E-state index in [0.717, 1.165) is 32.1 Å². The lowest BCUT2D eigenvalue weighted by molar-refractivity contribution is -0.144. The van der Waals surface area contributed by atoms with Crippen LogP contribution < -0.4 is 16.0 Å². The summed E-state index contributed by atoms with van der Waals surface area (Å²) in [5, 5.41) is 7.65. The molecule has 3 N–H and O–H groups in total. The van der Waals surface area contributed by atoms with Gasteiger partial charge in [0.1, 0.15) is 12.1 Å². The van der Waals surface area contributed by atoms with Gasteiger partial charge < -0.3 is 25.6 Å². The number of alkyl carbamates (subject to hydrolysis) is 1. The van der Waals surface area contributed by atoms with E-state index in [1.165, 1.54) is 12.0 Å². The third kappa shape index (κ3) is 8.35. The first kappa shape index (κ1) is 30.7. The lowest BCUT2D eigenvalue weighted by Crippen LogP contribution is -2.59. The first-order chi connectivity index (χ1) is 18.1. The predicted molar refractivity (Wildman–Crippen MR) is 138 cm³/mol. The number of likely N-dealkylation sites (tertiary alicyclic amines) is 1. The number of halogens is 2. The minimum absolute atomic E-state index is 0.0458. The zero-order valence-electron chi connectivity index (χ0n) is 23.5. The van der Waals surface area contributed by atoms with Crippen LogP contribution in [0.3, 0.4) is 0 Å². The van der Waals surface area contributed by atoms with E-state index in [2.05, 4.69) is 16.0 Å². The number of hydrogen-bond donors (Lipinski definition) is 3. The molecule has 1 aliphatic heterocycles. The Morgan fingerprint density at radius 2 is 1.62 bits per heavy atom. The van der Waals surface area contributed by atoms with Gasteiger partial charge >= 0.3 is 6.09 Å². The average Bonchev–Trinajstić information content (AvgIpc) is 3.51. The zero-order chi connectivity index (χ0) is 29.1. The molecule has 3 fully saturated rings. The van der Waals surface area contributed by atoms with E-state index >= 15 is 0 Å². The van der Waals surface area contributed by atoms with Crippen molar-refractivity contribution in [2.75, 3.05) is 13.7 Å². The van der Waals surface area contributed by atoms with Crippen LogP contribution in [0.15, 0.2) is 0 Å². The van der Waals surface area contributed by atoms with Crippen LogP contribution in [0.4, 0.5) is 13.6 Å². The standard InChI is InChI=1S/C27H42F2N4O6/c1-26(2,3)21(32-25(38)39-5)24(37)33-14-16(15-7-6-8-15)13-19(33)22(35)31-18(11-12-27(4,28)29)20(34)23(36)30-17-9-10-17/h15-19,21H,6-14H2,1-5H3,(H,30,36)(H,31,35)(H,32,38)/t16?,18-,19-,21+/m0/s1. The number of nitrogens with one attached hydrogen (secondary N) is 3. The number of ether oxygens (including phenoxy) is 1. The van der Waals surface area contributed by atoms with Crippen LogP contribution in [-0.2, 0) is 23.9 Å². The molecule has 4 amide bonds. The van der Waals surface area contributed by atoms with Crippen molar-refractivity contribution in [2.24, 2.45) is 17.3 Å². The third-order valence-electron chi connectivity index (χ3n) is 7.94. The summed E-state index contributed by atoms with van der Waals surface area (Å²) in [5.41, 5.74) is -0.715. The summed E-state index contributed by atoms with van der Waals surface area (Å²) in [6.45, 7) is 6.33. The van der Waals surface area contributed by atoms with E-state index < -0.39 is 71.9 Å². The summed E-state index contributed by atoms with van der Waals surface area (Å²) in [6.07, 6.45) is 2.94. The molecule has 0 radical (unpaired) electrons. The number of Topliss-reactive ketones (excluding diaryl/α,β-unsaturated/α-hetero) is 1. The average molecular weight is 557 g/mol. The summed E-state index contributed by atoms with van der Waals surface area (Å²) >= 11 is 0. The number of alkyl halides is 2. The fraction of sp³-hybridized carbons (Fsp3) is 0.815. The number of methoxy groups -OCH3 is 1. The molecule has 2 aliphatic carbocycles. The van der Waals surface area contributed by atoms with Gasteiger partial charge in [0.2, 0.25) is 23.5 Å². The number of rotatable bonds is 11. The fourth-order valence-corrected chi connectivity index (χ4v) is 5.18. The van der Waals surface area contributed by atoms with Crippen LogP contribution in [0, 0.1) is 17.3 Å². The Balaban J connectivity index is 1.82. The molecular formula is C27H42F2N4O6. The molecule has 1 heterocycles. The Morgan fingerprint density at radius 1 is 0.974 bits per heavy atom. The van der Waals surface area contributed by atoms with Crippen molar-refractivity contribution in [1.82, 2.24) is 20.9 Å². The summed E-state index contributed by atoms with van der Waals surface area (Å²) in [4.78, 5) is 66.2. The maximum absolute atomic E-state index is 13.8. The highest BCUT2D eigenvalue weighted by molar-refractivity contribution is 6.38. The molecule has 0 bridgehead atoms. The van der Waals surface area contributed by atoms with Crippen molar-refractivity contribution in [3.8, 4) is 0 Å². The summed E-state index contributed by atoms with van der Waals surface area (Å²) in [7, 11) is 1.19. The molecule has 0 aromatic heterocycles. The molecule has 2 saturated carbocycles. The number of ketones is 1. The molecule has 220 valence electrons. The normalized spacial score (nSPS) is 23.3. The van der Waals surface area contributed by atoms with E-state index in [0.29, 0.717) is 25.8 Å². The van der Waals surface area contributed by atoms with Crippen molar-refractivity contribution in [3.05, 3.63) is 0 Å². The van der Waals surface area contributed by atoms with Crippen molar-refractivity contribution >= 4 is 29.6 Å². The van der Waals surface area contributed by atoms with Gasteiger partial charge in [0.05, 0.1) is 13.2 Å². The third-order valence-corrected chi connectivity index (χ3v) is 7.94. The monoisotopic (exact) mass is 556 g/mol. The molecule has 4 atom stereocenters. The Bertz CT molecular complexity index is 955. The summed E-state index contributed by atoms with van der Waals surface area (Å²) < 4.78 is 32.0. The highest BCUT2D eigenvalue weighted by Crippen LogP contribution is 2.41. The lowest BCUT2D eigenvalue weighted by Gasteiger charge is -2.35. The first-order valence-corrected chi connectivity index (χ1v) is 13.8. The lowest BCUT2D eigenvalue weighted by atomic mass is 9.75. The maximum Gasteiger partial charge on any atom is 0.407 e. The van der Waals surface area contributed by atoms with Crippen LogP contribution in [0.2, 0.25) is 0 Å². The van der Waals surface area contributed by atoms with E-state index in [-0.39, 0.29) is 12.0 Å². The van der Waals surface area contributed by atoms with Gasteiger partial charge in [-0.1, -0.05) is 40.0 Å². The molecule has 0 aromatic rings.